The molecule has 1 aromatic heterocycles. The summed E-state index contributed by atoms with van der Waals surface area (Å²) in [6.07, 6.45) is 4.05. The molecular formula is C21H27N3O4S2. The number of sulfonamides is 1. The molecule has 2 aliphatic rings. The first-order chi connectivity index (χ1) is 14.3. The van der Waals surface area contributed by atoms with Crippen molar-refractivity contribution in [2.45, 2.75) is 44.4 Å². The number of benzene rings is 1. The number of anilines is 1. The zero-order chi connectivity index (χ0) is 21.5. The van der Waals surface area contributed by atoms with Gasteiger partial charge in [0.25, 0.3) is 5.91 Å². The summed E-state index contributed by atoms with van der Waals surface area (Å²) < 4.78 is 33.6. The molecule has 1 aliphatic carbocycles. The summed E-state index contributed by atoms with van der Waals surface area (Å²) in [5.74, 6) is 0.438. The van der Waals surface area contributed by atoms with Crippen LogP contribution in [0.4, 0.5) is 5.13 Å². The van der Waals surface area contributed by atoms with E-state index in [1.165, 1.54) is 33.7 Å². The molecule has 1 fully saturated rings. The molecule has 0 bridgehead atoms. The summed E-state index contributed by atoms with van der Waals surface area (Å²) in [4.78, 5) is 18.5. The van der Waals surface area contributed by atoms with E-state index in [-0.39, 0.29) is 34.0 Å². The van der Waals surface area contributed by atoms with Crippen molar-refractivity contribution >= 4 is 32.4 Å². The predicted octanol–water partition coefficient (Wildman–Crippen LogP) is 3.56. The van der Waals surface area contributed by atoms with E-state index in [4.69, 9.17) is 4.74 Å². The lowest BCUT2D eigenvalue weighted by Crippen LogP contribution is -2.42. The number of carbonyl (C=O) groups excluding carboxylic acids is 1. The van der Waals surface area contributed by atoms with Crippen LogP contribution in [0.5, 0.6) is 5.75 Å². The van der Waals surface area contributed by atoms with E-state index in [0.717, 1.165) is 31.4 Å². The Hall–Kier alpha value is -1.97. The number of aromatic nitrogens is 1. The molecule has 4 rings (SSSR count). The topological polar surface area (TPSA) is 88.6 Å². The van der Waals surface area contributed by atoms with Gasteiger partial charge in [-0.3, -0.25) is 10.1 Å². The van der Waals surface area contributed by atoms with Crippen LogP contribution in [-0.2, 0) is 22.9 Å². The van der Waals surface area contributed by atoms with Crippen molar-refractivity contribution in [3.8, 4) is 5.75 Å². The molecule has 2 unspecified atom stereocenters. The van der Waals surface area contributed by atoms with Crippen LogP contribution in [0.15, 0.2) is 23.1 Å². The number of ether oxygens (including phenoxy) is 1. The van der Waals surface area contributed by atoms with Gasteiger partial charge in [0.05, 0.1) is 12.8 Å². The number of hydrogen-bond donors (Lipinski definition) is 1. The second-order valence-corrected chi connectivity index (χ2v) is 11.3. The van der Waals surface area contributed by atoms with E-state index in [1.807, 2.05) is 0 Å². The van der Waals surface area contributed by atoms with E-state index in [9.17, 15) is 13.2 Å². The van der Waals surface area contributed by atoms with Crippen molar-refractivity contribution < 1.29 is 17.9 Å². The van der Waals surface area contributed by atoms with E-state index in [0.29, 0.717) is 18.2 Å². The van der Waals surface area contributed by atoms with Crippen LogP contribution in [0.3, 0.4) is 0 Å². The Labute approximate surface area is 181 Å². The molecule has 2 aromatic rings. The number of amides is 1. The van der Waals surface area contributed by atoms with E-state index in [1.54, 1.807) is 12.1 Å². The van der Waals surface area contributed by atoms with Gasteiger partial charge in [-0.25, -0.2) is 13.4 Å². The zero-order valence-corrected chi connectivity index (χ0v) is 19.1. The van der Waals surface area contributed by atoms with Crippen LogP contribution < -0.4 is 10.1 Å². The smallest absolute Gasteiger partial charge is 0.257 e. The van der Waals surface area contributed by atoms with Crippen molar-refractivity contribution in [1.82, 2.24) is 9.29 Å². The number of thiazole rings is 1. The zero-order valence-electron chi connectivity index (χ0n) is 17.5. The molecule has 1 N–H and O–H groups in total. The van der Waals surface area contributed by atoms with E-state index >= 15 is 0 Å². The van der Waals surface area contributed by atoms with Gasteiger partial charge < -0.3 is 4.74 Å². The lowest BCUT2D eigenvalue weighted by Gasteiger charge is -2.34. The number of fused-ring (bicyclic) bond motifs is 1. The van der Waals surface area contributed by atoms with Crippen LogP contribution in [0.2, 0.25) is 0 Å². The normalized spacial score (nSPS) is 22.0. The summed E-state index contributed by atoms with van der Waals surface area (Å²) in [6.45, 7) is 5.06. The molecule has 0 spiro atoms. The minimum absolute atomic E-state index is 0.0283. The molecule has 1 aliphatic heterocycles. The Kier molecular flexibility index (Phi) is 5.87. The fourth-order valence-corrected chi connectivity index (χ4v) is 7.28. The van der Waals surface area contributed by atoms with Gasteiger partial charge >= 0.3 is 0 Å². The number of carbonyl (C=O) groups is 1. The maximum absolute atomic E-state index is 13.4. The molecular weight excluding hydrogens is 422 g/mol. The fraction of sp³-hybridized carbons (Fsp3) is 0.524. The number of methoxy groups -OCH3 is 1. The van der Waals surface area contributed by atoms with Crippen LogP contribution in [0.25, 0.3) is 0 Å². The van der Waals surface area contributed by atoms with Gasteiger partial charge in [0.15, 0.2) is 5.13 Å². The van der Waals surface area contributed by atoms with Gasteiger partial charge in [0.1, 0.15) is 10.6 Å². The molecule has 1 aromatic carbocycles. The molecule has 2 atom stereocenters. The third kappa shape index (κ3) is 4.10. The molecule has 30 heavy (non-hydrogen) atoms. The number of hydrogen-bond acceptors (Lipinski definition) is 6. The van der Waals surface area contributed by atoms with Crippen molar-refractivity contribution in [3.63, 3.8) is 0 Å². The largest absolute Gasteiger partial charge is 0.495 e. The first kappa shape index (κ1) is 21.3. The highest BCUT2D eigenvalue weighted by Gasteiger charge is 2.34. The Morgan fingerprint density at radius 1 is 1.23 bits per heavy atom. The van der Waals surface area contributed by atoms with Crippen molar-refractivity contribution in [2.24, 2.45) is 11.8 Å². The highest BCUT2D eigenvalue weighted by Crippen LogP contribution is 2.33. The van der Waals surface area contributed by atoms with Crippen LogP contribution >= 0.6 is 11.3 Å². The van der Waals surface area contributed by atoms with Crippen molar-refractivity contribution in [3.05, 3.63) is 34.3 Å². The number of nitrogens with one attached hydrogen (secondary N) is 1. The van der Waals surface area contributed by atoms with Gasteiger partial charge in [0, 0.05) is 23.5 Å². The Bertz CT molecular complexity index is 1030. The second-order valence-electron chi connectivity index (χ2n) is 8.33. The van der Waals surface area contributed by atoms with Gasteiger partial charge in [-0.2, -0.15) is 4.31 Å². The standard InChI is InChI=1S/C21H27N3O4S2/c1-13-9-14(2)12-24(11-13)30(26,27)19-10-15(7-8-17(19)28-3)20(25)23-21-22-16-5-4-6-18(16)29-21/h7-8,10,13-14H,4-6,9,11-12H2,1-3H3,(H,22,23,25). The molecule has 0 saturated carbocycles. The molecule has 162 valence electrons. The summed E-state index contributed by atoms with van der Waals surface area (Å²) in [6, 6.07) is 4.53. The van der Waals surface area contributed by atoms with Gasteiger partial charge in [0.2, 0.25) is 10.0 Å². The average Bonchev–Trinajstić information content (AvgIpc) is 3.28. The highest BCUT2D eigenvalue weighted by atomic mass is 32.2. The summed E-state index contributed by atoms with van der Waals surface area (Å²) in [5, 5.41) is 3.38. The third-order valence-corrected chi connectivity index (χ3v) is 8.62. The third-order valence-electron chi connectivity index (χ3n) is 5.70. The number of nitrogens with zero attached hydrogens (tertiary/aromatic N) is 2. The van der Waals surface area contributed by atoms with Crippen molar-refractivity contribution in [2.75, 3.05) is 25.5 Å². The summed E-state index contributed by atoms with van der Waals surface area (Å²) >= 11 is 1.49. The quantitative estimate of drug-likeness (QED) is 0.754. The Morgan fingerprint density at radius 3 is 2.63 bits per heavy atom. The minimum atomic E-state index is -3.78. The number of rotatable bonds is 5. The maximum Gasteiger partial charge on any atom is 0.257 e. The summed E-state index contributed by atoms with van der Waals surface area (Å²) in [5.41, 5.74) is 1.32. The predicted molar refractivity (Wildman–Crippen MR) is 117 cm³/mol. The molecule has 2 heterocycles. The van der Waals surface area contributed by atoms with Crippen LogP contribution in [0.1, 0.15) is 47.6 Å². The summed E-state index contributed by atoms with van der Waals surface area (Å²) in [7, 11) is -2.34. The maximum atomic E-state index is 13.4. The first-order valence-corrected chi connectivity index (χ1v) is 12.5. The first-order valence-electron chi connectivity index (χ1n) is 10.3. The Morgan fingerprint density at radius 2 is 1.97 bits per heavy atom. The molecule has 7 nitrogen and oxygen atoms in total. The van der Waals surface area contributed by atoms with Gasteiger partial charge in [-0.1, -0.05) is 13.8 Å². The molecule has 1 amide bonds. The van der Waals surface area contributed by atoms with Crippen LogP contribution in [0, 0.1) is 11.8 Å². The molecule has 9 heteroatoms. The minimum Gasteiger partial charge on any atom is -0.495 e. The van der Waals surface area contributed by atoms with Crippen molar-refractivity contribution in [1.29, 1.82) is 0 Å². The lowest BCUT2D eigenvalue weighted by atomic mass is 9.94. The average molecular weight is 450 g/mol. The van der Waals surface area contributed by atoms with Crippen LogP contribution in [-0.4, -0.2) is 43.8 Å². The van der Waals surface area contributed by atoms with Gasteiger partial charge in [-0.05, 0) is 55.7 Å². The SMILES string of the molecule is COc1ccc(C(=O)Nc2nc3c(s2)CCC3)cc1S(=O)(=O)N1CC(C)CC(C)C1. The van der Waals surface area contributed by atoms with Gasteiger partial charge in [-0.15, -0.1) is 11.3 Å². The molecule has 0 radical (unpaired) electrons. The second kappa shape index (κ2) is 8.28. The molecule has 1 saturated heterocycles. The van der Waals surface area contributed by atoms with E-state index < -0.39 is 10.0 Å². The number of piperidine rings is 1. The Balaban J connectivity index is 1.61. The highest BCUT2D eigenvalue weighted by molar-refractivity contribution is 7.89. The fourth-order valence-electron chi connectivity index (χ4n) is 4.37. The number of aryl methyl sites for hydroxylation is 2. The van der Waals surface area contributed by atoms with E-state index in [2.05, 4.69) is 24.1 Å². The lowest BCUT2D eigenvalue weighted by molar-refractivity contribution is 0.102. The monoisotopic (exact) mass is 449 g/mol.